The first-order chi connectivity index (χ1) is 13.5. The molecule has 0 radical (unpaired) electrons. The van der Waals surface area contributed by atoms with Gasteiger partial charge >= 0.3 is 5.97 Å². The Morgan fingerprint density at radius 1 is 1.21 bits per heavy atom. The molecular weight excluding hydrogens is 416 g/mol. The van der Waals surface area contributed by atoms with Gasteiger partial charge in [-0.25, -0.2) is 8.42 Å². The molecule has 0 unspecified atom stereocenters. The van der Waals surface area contributed by atoms with Gasteiger partial charge in [0, 0.05) is 11.2 Å². The molecule has 0 saturated heterocycles. The second-order valence-corrected chi connectivity index (χ2v) is 9.66. The van der Waals surface area contributed by atoms with Gasteiger partial charge in [0.25, 0.3) is 10.0 Å². The average molecular weight is 437 g/mol. The van der Waals surface area contributed by atoms with E-state index in [1.54, 1.807) is 62.6 Å². The van der Waals surface area contributed by atoms with Crippen molar-refractivity contribution in [3.05, 3.63) is 53.4 Å². The average Bonchev–Trinajstić information content (AvgIpc) is 2.99. The van der Waals surface area contributed by atoms with Crippen molar-refractivity contribution in [3.63, 3.8) is 0 Å². The van der Waals surface area contributed by atoms with Crippen molar-refractivity contribution in [1.29, 1.82) is 0 Å². The molecule has 0 aliphatic heterocycles. The summed E-state index contributed by atoms with van der Waals surface area (Å²) >= 11 is 6.06. The van der Waals surface area contributed by atoms with Crippen LogP contribution in [0.3, 0.4) is 0 Å². The summed E-state index contributed by atoms with van der Waals surface area (Å²) in [6.45, 7) is 6.33. The lowest BCUT2D eigenvalue weighted by molar-refractivity contribution is -0.152. The summed E-state index contributed by atoms with van der Waals surface area (Å²) in [5.41, 5.74) is -0.354. The van der Waals surface area contributed by atoms with Crippen LogP contribution in [0.1, 0.15) is 26.6 Å². The molecule has 2 aromatic heterocycles. The summed E-state index contributed by atoms with van der Waals surface area (Å²) < 4.78 is 35.0. The van der Waals surface area contributed by atoms with E-state index in [1.807, 2.05) is 0 Å². The summed E-state index contributed by atoms with van der Waals surface area (Å²) in [6.07, 6.45) is 1.67. The highest BCUT2D eigenvalue weighted by atomic mass is 35.5. The van der Waals surface area contributed by atoms with E-state index in [9.17, 15) is 13.2 Å². The zero-order valence-corrected chi connectivity index (χ0v) is 18.0. The third-order valence-corrected chi connectivity index (χ3v) is 5.96. The minimum absolute atomic E-state index is 0.0795. The molecule has 0 aliphatic carbocycles. The quantitative estimate of drug-likeness (QED) is 0.570. The van der Waals surface area contributed by atoms with Crippen LogP contribution in [-0.2, 0) is 19.6 Å². The van der Waals surface area contributed by atoms with Crippen LogP contribution in [0, 0.1) is 6.92 Å². The van der Waals surface area contributed by atoms with E-state index in [2.05, 4.69) is 10.2 Å². The number of carbonyl (C=O) groups excluding carboxylic acids is 1. The van der Waals surface area contributed by atoms with Gasteiger partial charge in [-0.05, 0) is 58.0 Å². The molecule has 0 aliphatic rings. The van der Waals surface area contributed by atoms with Crippen LogP contribution in [0.5, 0.6) is 0 Å². The zero-order valence-electron chi connectivity index (χ0n) is 16.5. The molecule has 2 heterocycles. The first-order valence-corrected chi connectivity index (χ1v) is 10.6. The Balaban J connectivity index is 2.12. The number of aromatic nitrogens is 3. The molecule has 29 heavy (non-hydrogen) atoms. The molecule has 0 saturated carbocycles. The van der Waals surface area contributed by atoms with Gasteiger partial charge in [0.15, 0.2) is 5.65 Å². The van der Waals surface area contributed by atoms with Crippen LogP contribution in [0.2, 0.25) is 5.02 Å². The van der Waals surface area contributed by atoms with Crippen molar-refractivity contribution in [2.75, 3.05) is 10.8 Å². The maximum Gasteiger partial charge on any atom is 0.327 e. The number of aryl methyl sites for hydroxylation is 1. The Hall–Kier alpha value is -2.65. The fraction of sp³-hybridized carbons (Fsp3) is 0.316. The number of hydrogen-bond donors (Lipinski definition) is 0. The first-order valence-electron chi connectivity index (χ1n) is 8.79. The number of ether oxygens (including phenoxy) is 1. The lowest BCUT2D eigenvalue weighted by atomic mass is 10.2. The number of anilines is 1. The van der Waals surface area contributed by atoms with E-state index in [1.165, 1.54) is 12.1 Å². The first kappa shape index (κ1) is 21.1. The van der Waals surface area contributed by atoms with Gasteiger partial charge in [0.2, 0.25) is 0 Å². The maximum atomic E-state index is 13.6. The molecule has 3 aromatic rings. The second-order valence-electron chi connectivity index (χ2n) is 7.39. The van der Waals surface area contributed by atoms with Crippen LogP contribution in [0.4, 0.5) is 5.69 Å². The van der Waals surface area contributed by atoms with Gasteiger partial charge in [-0.15, -0.1) is 10.2 Å². The minimum atomic E-state index is -4.18. The number of rotatable bonds is 5. The van der Waals surface area contributed by atoms with Crippen molar-refractivity contribution < 1.29 is 17.9 Å². The summed E-state index contributed by atoms with van der Waals surface area (Å²) in [7, 11) is -4.18. The van der Waals surface area contributed by atoms with E-state index in [0.717, 1.165) is 4.31 Å². The molecule has 0 amide bonds. The highest BCUT2D eigenvalue weighted by molar-refractivity contribution is 7.93. The number of halogens is 1. The molecule has 3 rings (SSSR count). The topological polar surface area (TPSA) is 93.9 Å². The molecule has 1 aromatic carbocycles. The fourth-order valence-corrected chi connectivity index (χ4v) is 4.47. The van der Waals surface area contributed by atoms with E-state index in [4.69, 9.17) is 16.3 Å². The third-order valence-electron chi connectivity index (χ3n) is 3.93. The number of benzene rings is 1. The van der Waals surface area contributed by atoms with Gasteiger partial charge in [-0.3, -0.25) is 13.5 Å². The third kappa shape index (κ3) is 4.51. The van der Waals surface area contributed by atoms with Crippen LogP contribution >= 0.6 is 11.6 Å². The highest BCUT2D eigenvalue weighted by Crippen LogP contribution is 2.28. The largest absolute Gasteiger partial charge is 0.459 e. The van der Waals surface area contributed by atoms with Crippen LogP contribution in [0.25, 0.3) is 5.65 Å². The van der Waals surface area contributed by atoms with Gasteiger partial charge in [-0.1, -0.05) is 17.7 Å². The Morgan fingerprint density at radius 2 is 1.93 bits per heavy atom. The van der Waals surface area contributed by atoms with E-state index < -0.39 is 28.1 Å². The molecule has 0 fully saturated rings. The smallest absolute Gasteiger partial charge is 0.327 e. The van der Waals surface area contributed by atoms with E-state index in [0.29, 0.717) is 10.8 Å². The van der Waals surface area contributed by atoms with Crippen molar-refractivity contribution in [1.82, 2.24) is 14.6 Å². The maximum absolute atomic E-state index is 13.6. The van der Waals surface area contributed by atoms with E-state index in [-0.39, 0.29) is 16.2 Å². The number of sulfonamides is 1. The molecule has 10 heteroatoms. The fourth-order valence-electron chi connectivity index (χ4n) is 2.76. The summed E-state index contributed by atoms with van der Waals surface area (Å²) in [4.78, 5) is 12.4. The van der Waals surface area contributed by atoms with Crippen LogP contribution in [0.15, 0.2) is 47.5 Å². The molecular formula is C19H21ClN4O4S. The summed E-state index contributed by atoms with van der Waals surface area (Å²) in [5, 5.41) is 8.26. The predicted octanol–water partition coefficient (Wildman–Crippen LogP) is 3.23. The normalized spacial score (nSPS) is 12.2. The number of esters is 1. The molecule has 0 N–H and O–H groups in total. The highest BCUT2D eigenvalue weighted by Gasteiger charge is 2.32. The van der Waals surface area contributed by atoms with Gasteiger partial charge in [0.1, 0.15) is 22.9 Å². The lowest BCUT2D eigenvalue weighted by Gasteiger charge is -2.26. The molecule has 0 spiro atoms. The van der Waals surface area contributed by atoms with Gasteiger partial charge in [0.05, 0.1) is 5.69 Å². The molecule has 154 valence electrons. The van der Waals surface area contributed by atoms with E-state index >= 15 is 0 Å². The zero-order chi connectivity index (χ0) is 21.4. The minimum Gasteiger partial charge on any atom is -0.459 e. The molecule has 8 nitrogen and oxygen atoms in total. The Bertz CT molecular complexity index is 1170. The summed E-state index contributed by atoms with van der Waals surface area (Å²) in [5.74, 6) is -0.149. The van der Waals surface area contributed by atoms with Crippen LogP contribution in [-0.4, -0.2) is 41.1 Å². The van der Waals surface area contributed by atoms with Gasteiger partial charge in [-0.2, -0.15) is 0 Å². The summed E-state index contributed by atoms with van der Waals surface area (Å²) in [6, 6.07) is 9.26. The van der Waals surface area contributed by atoms with Crippen LogP contribution < -0.4 is 4.31 Å². The molecule has 0 bridgehead atoms. The van der Waals surface area contributed by atoms with Crippen molar-refractivity contribution in [2.45, 2.75) is 38.2 Å². The number of hydrogen-bond acceptors (Lipinski definition) is 6. The van der Waals surface area contributed by atoms with Crippen molar-refractivity contribution in [3.8, 4) is 0 Å². The number of fused-ring (bicyclic) bond motifs is 1. The Labute approximate surface area is 174 Å². The number of nitrogens with zero attached hydrogens (tertiary/aromatic N) is 4. The Kier molecular flexibility index (Phi) is 5.55. The standard InChI is InChI=1S/C19H21ClN4O4S/c1-13-21-22-18-16(9-6-10-23(13)18)29(26,27)24(12-17(25)28-19(2,3)4)15-8-5-7-14(20)11-15/h5-11H,12H2,1-4H3. The van der Waals surface area contributed by atoms with Crippen molar-refractivity contribution in [2.24, 2.45) is 0 Å². The number of carbonyl (C=O) groups is 1. The Morgan fingerprint density at radius 3 is 2.59 bits per heavy atom. The molecule has 0 atom stereocenters. The number of pyridine rings is 1. The lowest BCUT2D eigenvalue weighted by Crippen LogP contribution is -2.39. The predicted molar refractivity (Wildman–Crippen MR) is 110 cm³/mol. The SMILES string of the molecule is Cc1nnc2c(S(=O)(=O)N(CC(=O)OC(C)(C)C)c3cccc(Cl)c3)cccn12. The van der Waals surface area contributed by atoms with Crippen molar-refractivity contribution >= 4 is 38.9 Å². The monoisotopic (exact) mass is 436 g/mol. The second kappa shape index (κ2) is 7.64. The van der Waals surface area contributed by atoms with Gasteiger partial charge < -0.3 is 4.74 Å².